The number of methoxy groups -OCH3 is 1. The number of para-hydroxylation sites is 1. The van der Waals surface area contributed by atoms with Gasteiger partial charge in [0.1, 0.15) is 17.1 Å². The average molecular weight is 231 g/mol. The molecule has 0 bridgehead atoms. The molecule has 17 heavy (non-hydrogen) atoms. The molecule has 1 saturated heterocycles. The van der Waals surface area contributed by atoms with Crippen LogP contribution in [0.3, 0.4) is 0 Å². The second-order valence-corrected chi connectivity index (χ2v) is 4.50. The predicted molar refractivity (Wildman–Crippen MR) is 67.5 cm³/mol. The summed E-state index contributed by atoms with van der Waals surface area (Å²) in [6, 6.07) is 6.54. The van der Waals surface area contributed by atoms with Crippen molar-refractivity contribution < 1.29 is 4.74 Å². The van der Waals surface area contributed by atoms with Crippen molar-refractivity contribution in [3.05, 3.63) is 24.0 Å². The van der Waals surface area contributed by atoms with Crippen LogP contribution in [0.2, 0.25) is 0 Å². The first-order valence-electron chi connectivity index (χ1n) is 6.03. The smallest absolute Gasteiger partial charge is 0.144 e. The van der Waals surface area contributed by atoms with Gasteiger partial charge in [0.2, 0.25) is 0 Å². The number of fused-ring (bicyclic) bond motifs is 1. The first-order chi connectivity index (χ1) is 8.31. The van der Waals surface area contributed by atoms with Crippen molar-refractivity contribution in [3.63, 3.8) is 0 Å². The number of rotatable bonds is 2. The van der Waals surface area contributed by atoms with Gasteiger partial charge < -0.3 is 14.6 Å². The average Bonchev–Trinajstić information content (AvgIpc) is 2.93. The Balaban J connectivity index is 2.24. The van der Waals surface area contributed by atoms with Gasteiger partial charge in [-0.1, -0.05) is 6.07 Å². The van der Waals surface area contributed by atoms with Gasteiger partial charge in [0, 0.05) is 12.6 Å². The topological polar surface area (TPSA) is 39.1 Å². The molecule has 4 heteroatoms. The Bertz CT molecular complexity index is 541. The molecule has 1 fully saturated rings. The highest BCUT2D eigenvalue weighted by Crippen LogP contribution is 2.31. The summed E-state index contributed by atoms with van der Waals surface area (Å²) >= 11 is 0. The van der Waals surface area contributed by atoms with Crippen LogP contribution in [0.1, 0.15) is 18.3 Å². The zero-order chi connectivity index (χ0) is 11.8. The molecular formula is C13H17N3O. The predicted octanol–water partition coefficient (Wildman–Crippen LogP) is 1.89. The van der Waals surface area contributed by atoms with Gasteiger partial charge >= 0.3 is 0 Å². The molecule has 1 unspecified atom stereocenters. The molecule has 3 rings (SSSR count). The number of benzene rings is 1. The van der Waals surface area contributed by atoms with E-state index in [-0.39, 0.29) is 0 Å². The molecule has 1 atom stereocenters. The van der Waals surface area contributed by atoms with Gasteiger partial charge in [-0.25, -0.2) is 4.98 Å². The number of ether oxygens (including phenoxy) is 1. The van der Waals surface area contributed by atoms with Gasteiger partial charge in [-0.3, -0.25) is 0 Å². The van der Waals surface area contributed by atoms with E-state index in [2.05, 4.69) is 21.8 Å². The third-order valence-electron chi connectivity index (χ3n) is 3.47. The van der Waals surface area contributed by atoms with Crippen molar-refractivity contribution in [2.24, 2.45) is 0 Å². The van der Waals surface area contributed by atoms with E-state index in [1.807, 2.05) is 18.2 Å². The second-order valence-electron chi connectivity index (χ2n) is 4.50. The van der Waals surface area contributed by atoms with Crippen molar-refractivity contribution in [3.8, 4) is 5.75 Å². The van der Waals surface area contributed by atoms with Crippen LogP contribution < -0.4 is 10.1 Å². The summed E-state index contributed by atoms with van der Waals surface area (Å²) in [5.41, 5.74) is 2.15. The Labute approximate surface area is 101 Å². The maximum absolute atomic E-state index is 5.46. The number of imidazole rings is 1. The Hall–Kier alpha value is -1.55. The van der Waals surface area contributed by atoms with E-state index in [1.54, 1.807) is 7.11 Å². The van der Waals surface area contributed by atoms with E-state index in [0.717, 1.165) is 42.1 Å². The van der Waals surface area contributed by atoms with Crippen molar-refractivity contribution in [1.82, 2.24) is 14.9 Å². The summed E-state index contributed by atoms with van der Waals surface area (Å²) in [5.74, 6) is 1.98. The molecule has 2 aromatic rings. The number of nitrogens with zero attached hydrogens (tertiary/aromatic N) is 2. The molecule has 90 valence electrons. The highest BCUT2D eigenvalue weighted by atomic mass is 16.5. The molecular weight excluding hydrogens is 214 g/mol. The van der Waals surface area contributed by atoms with Crippen molar-refractivity contribution in [2.45, 2.75) is 19.4 Å². The molecule has 0 saturated carbocycles. The van der Waals surface area contributed by atoms with Crippen LogP contribution in [-0.2, 0) is 0 Å². The first kappa shape index (κ1) is 10.6. The van der Waals surface area contributed by atoms with Gasteiger partial charge in [0.15, 0.2) is 0 Å². The van der Waals surface area contributed by atoms with Crippen LogP contribution in [0.4, 0.5) is 0 Å². The molecule has 4 nitrogen and oxygen atoms in total. The fourth-order valence-corrected chi connectivity index (χ4v) is 2.70. The van der Waals surface area contributed by atoms with Gasteiger partial charge in [0.25, 0.3) is 0 Å². The monoisotopic (exact) mass is 231 g/mol. The second kappa shape index (κ2) is 4.04. The summed E-state index contributed by atoms with van der Waals surface area (Å²) in [6.07, 6.45) is 1.16. The van der Waals surface area contributed by atoms with Gasteiger partial charge in [-0.15, -0.1) is 0 Å². The van der Waals surface area contributed by atoms with Gasteiger partial charge in [-0.05, 0) is 32.0 Å². The van der Waals surface area contributed by atoms with Crippen LogP contribution in [0, 0.1) is 6.92 Å². The minimum absolute atomic E-state index is 0.497. The zero-order valence-corrected chi connectivity index (χ0v) is 10.2. The first-order valence-corrected chi connectivity index (χ1v) is 6.03. The summed E-state index contributed by atoms with van der Waals surface area (Å²) < 4.78 is 7.77. The lowest BCUT2D eigenvalue weighted by Gasteiger charge is -2.15. The molecule has 0 spiro atoms. The maximum Gasteiger partial charge on any atom is 0.144 e. The maximum atomic E-state index is 5.46. The highest BCUT2D eigenvalue weighted by Gasteiger charge is 2.22. The lowest BCUT2D eigenvalue weighted by atomic mass is 10.2. The van der Waals surface area contributed by atoms with E-state index < -0.39 is 0 Å². The Kier molecular flexibility index (Phi) is 2.52. The van der Waals surface area contributed by atoms with Crippen LogP contribution in [-0.4, -0.2) is 29.8 Å². The summed E-state index contributed by atoms with van der Waals surface area (Å²) in [5, 5.41) is 3.40. The summed E-state index contributed by atoms with van der Waals surface area (Å²) in [6.45, 7) is 4.17. The third-order valence-corrected chi connectivity index (χ3v) is 3.47. The van der Waals surface area contributed by atoms with E-state index in [1.165, 1.54) is 0 Å². The molecule has 0 aliphatic carbocycles. The fourth-order valence-electron chi connectivity index (χ4n) is 2.70. The lowest BCUT2D eigenvalue weighted by molar-refractivity contribution is 0.414. The molecule has 1 aliphatic rings. The lowest BCUT2D eigenvalue weighted by Crippen LogP contribution is -2.14. The number of hydrogen-bond donors (Lipinski definition) is 1. The minimum Gasteiger partial charge on any atom is -0.494 e. The third kappa shape index (κ3) is 1.60. The number of hydrogen-bond acceptors (Lipinski definition) is 3. The van der Waals surface area contributed by atoms with Crippen molar-refractivity contribution in [1.29, 1.82) is 0 Å². The normalized spacial score (nSPS) is 20.0. The summed E-state index contributed by atoms with van der Waals surface area (Å²) in [4.78, 5) is 4.62. The van der Waals surface area contributed by atoms with E-state index in [9.17, 15) is 0 Å². The van der Waals surface area contributed by atoms with Crippen LogP contribution in [0.15, 0.2) is 18.2 Å². The Morgan fingerprint density at radius 1 is 1.47 bits per heavy atom. The standard InChI is InChI=1S/C13H17N3O/c1-9-15-11-4-3-5-12(17-2)13(11)16(9)10-6-7-14-8-10/h3-5,10,14H,6-8H2,1-2H3. The number of aromatic nitrogens is 2. The van der Waals surface area contributed by atoms with Crippen molar-refractivity contribution in [2.75, 3.05) is 20.2 Å². The fraction of sp³-hybridized carbons (Fsp3) is 0.462. The number of nitrogens with one attached hydrogen (secondary N) is 1. The molecule has 1 aliphatic heterocycles. The zero-order valence-electron chi connectivity index (χ0n) is 10.2. The molecule has 1 N–H and O–H groups in total. The molecule has 2 heterocycles. The van der Waals surface area contributed by atoms with Crippen LogP contribution >= 0.6 is 0 Å². The van der Waals surface area contributed by atoms with E-state index in [0.29, 0.717) is 6.04 Å². The Morgan fingerprint density at radius 2 is 2.35 bits per heavy atom. The quantitative estimate of drug-likeness (QED) is 0.857. The molecule has 0 amide bonds. The minimum atomic E-state index is 0.497. The SMILES string of the molecule is COc1cccc2nc(C)n(C3CCNC3)c12. The van der Waals surface area contributed by atoms with Gasteiger partial charge in [-0.2, -0.15) is 0 Å². The molecule has 0 radical (unpaired) electrons. The van der Waals surface area contributed by atoms with Gasteiger partial charge in [0.05, 0.1) is 12.6 Å². The van der Waals surface area contributed by atoms with Crippen LogP contribution in [0.5, 0.6) is 5.75 Å². The molecule has 1 aromatic carbocycles. The molecule has 1 aromatic heterocycles. The van der Waals surface area contributed by atoms with E-state index in [4.69, 9.17) is 4.74 Å². The summed E-state index contributed by atoms with van der Waals surface area (Å²) in [7, 11) is 1.72. The number of aryl methyl sites for hydroxylation is 1. The van der Waals surface area contributed by atoms with E-state index >= 15 is 0 Å². The Morgan fingerprint density at radius 3 is 3.06 bits per heavy atom. The van der Waals surface area contributed by atoms with Crippen LogP contribution in [0.25, 0.3) is 11.0 Å². The van der Waals surface area contributed by atoms with Crippen molar-refractivity contribution >= 4 is 11.0 Å². The largest absolute Gasteiger partial charge is 0.494 e. The highest BCUT2D eigenvalue weighted by molar-refractivity contribution is 5.82.